The van der Waals surface area contributed by atoms with Gasteiger partial charge >= 0.3 is 0 Å². The normalized spacial score (nSPS) is 13.9. The smallest absolute Gasteiger partial charge is 0.0298 e. The van der Waals surface area contributed by atoms with E-state index in [1.54, 1.807) is 0 Å². The van der Waals surface area contributed by atoms with Crippen molar-refractivity contribution in [1.82, 2.24) is 0 Å². The summed E-state index contributed by atoms with van der Waals surface area (Å²) in [5.41, 5.74) is 1.90. The van der Waals surface area contributed by atoms with Gasteiger partial charge in [-0.25, -0.2) is 0 Å². The summed E-state index contributed by atoms with van der Waals surface area (Å²) < 4.78 is 0. The van der Waals surface area contributed by atoms with Gasteiger partial charge < -0.3 is 0 Å². The van der Waals surface area contributed by atoms with E-state index in [-0.39, 0.29) is 0 Å². The average Bonchev–Trinajstić information content (AvgIpc) is 2.09. The van der Waals surface area contributed by atoms with Crippen LogP contribution in [0.3, 0.4) is 0 Å². The van der Waals surface area contributed by atoms with E-state index >= 15 is 0 Å². The second kappa shape index (κ2) is 6.86. The first-order valence-electron chi connectivity index (χ1n) is 5.85. The van der Waals surface area contributed by atoms with Crippen LogP contribution in [0.4, 0.5) is 0 Å². The van der Waals surface area contributed by atoms with Crippen LogP contribution in [0.25, 0.3) is 0 Å². The molecule has 0 atom stereocenters. The Bertz CT molecular complexity index is 189. The van der Waals surface area contributed by atoms with Crippen LogP contribution in [-0.2, 0) is 0 Å². The SMILES string of the molecule is CCC/C=C(\C=C/CC(C)(C)C)CC. The molecule has 0 saturated carbocycles. The highest BCUT2D eigenvalue weighted by Gasteiger charge is 2.06. The van der Waals surface area contributed by atoms with E-state index in [4.69, 9.17) is 0 Å². The Morgan fingerprint density at radius 3 is 2.21 bits per heavy atom. The van der Waals surface area contributed by atoms with Crippen LogP contribution in [0.15, 0.2) is 23.8 Å². The van der Waals surface area contributed by atoms with E-state index in [9.17, 15) is 0 Å². The van der Waals surface area contributed by atoms with Gasteiger partial charge in [-0.3, -0.25) is 0 Å². The van der Waals surface area contributed by atoms with Gasteiger partial charge in [0.25, 0.3) is 0 Å². The minimum Gasteiger partial charge on any atom is -0.0838 e. The molecule has 0 spiro atoms. The van der Waals surface area contributed by atoms with Gasteiger partial charge in [0.2, 0.25) is 0 Å². The van der Waals surface area contributed by atoms with Crippen LogP contribution < -0.4 is 0 Å². The standard InChI is InChI=1S/C14H26/c1-6-8-10-13(7-2)11-9-12-14(3,4)5/h9-11H,6-8,12H2,1-5H3/b11-9-,13-10-. The lowest BCUT2D eigenvalue weighted by Gasteiger charge is -2.14. The number of hydrogen-bond acceptors (Lipinski definition) is 0. The zero-order valence-corrected chi connectivity index (χ0v) is 10.6. The molecule has 0 aliphatic heterocycles. The van der Waals surface area contributed by atoms with Gasteiger partial charge in [0.05, 0.1) is 0 Å². The molecule has 0 aromatic rings. The van der Waals surface area contributed by atoms with Crippen LogP contribution in [0, 0.1) is 5.41 Å². The molecule has 0 aromatic heterocycles. The van der Waals surface area contributed by atoms with E-state index in [1.807, 2.05) is 0 Å². The maximum atomic E-state index is 2.36. The Kier molecular flexibility index (Phi) is 6.61. The van der Waals surface area contributed by atoms with Crippen molar-refractivity contribution in [2.45, 2.75) is 60.3 Å². The van der Waals surface area contributed by atoms with E-state index in [1.165, 1.54) is 18.4 Å². The summed E-state index contributed by atoms with van der Waals surface area (Å²) in [4.78, 5) is 0. The molecule has 0 nitrogen and oxygen atoms in total. The Morgan fingerprint density at radius 2 is 1.79 bits per heavy atom. The lowest BCUT2D eigenvalue weighted by molar-refractivity contribution is 0.420. The molecule has 82 valence electrons. The highest BCUT2D eigenvalue weighted by atomic mass is 14.1. The molecule has 0 rings (SSSR count). The van der Waals surface area contributed by atoms with Crippen molar-refractivity contribution in [3.8, 4) is 0 Å². The molecule has 0 N–H and O–H groups in total. The van der Waals surface area contributed by atoms with Crippen molar-refractivity contribution in [2.75, 3.05) is 0 Å². The Labute approximate surface area is 90.1 Å². The lowest BCUT2D eigenvalue weighted by Crippen LogP contribution is -2.01. The van der Waals surface area contributed by atoms with E-state index < -0.39 is 0 Å². The zero-order chi connectivity index (χ0) is 11.0. The maximum absolute atomic E-state index is 2.36. The van der Waals surface area contributed by atoms with Gasteiger partial charge in [0.15, 0.2) is 0 Å². The number of hydrogen-bond donors (Lipinski definition) is 0. The van der Waals surface area contributed by atoms with Gasteiger partial charge in [0.1, 0.15) is 0 Å². The first-order chi connectivity index (χ1) is 6.49. The summed E-state index contributed by atoms with van der Waals surface area (Å²) in [7, 11) is 0. The molecule has 0 aromatic carbocycles. The fourth-order valence-electron chi connectivity index (χ4n) is 1.22. The van der Waals surface area contributed by atoms with E-state index in [0.29, 0.717) is 5.41 Å². The van der Waals surface area contributed by atoms with Crippen LogP contribution >= 0.6 is 0 Å². The first kappa shape index (κ1) is 13.5. The zero-order valence-electron chi connectivity index (χ0n) is 10.6. The molecule has 0 aliphatic carbocycles. The molecular weight excluding hydrogens is 168 g/mol. The molecular formula is C14H26. The third-order valence-electron chi connectivity index (χ3n) is 2.17. The largest absolute Gasteiger partial charge is 0.0838 e. The minimum atomic E-state index is 0.417. The Morgan fingerprint density at radius 1 is 1.14 bits per heavy atom. The fraction of sp³-hybridized carbons (Fsp3) is 0.714. The van der Waals surface area contributed by atoms with Gasteiger partial charge in [-0.15, -0.1) is 0 Å². The third-order valence-corrected chi connectivity index (χ3v) is 2.17. The highest BCUT2D eigenvalue weighted by Crippen LogP contribution is 2.19. The van der Waals surface area contributed by atoms with Crippen LogP contribution in [0.2, 0.25) is 0 Å². The van der Waals surface area contributed by atoms with Crippen LogP contribution in [0.5, 0.6) is 0 Å². The second-order valence-electron chi connectivity index (χ2n) is 5.09. The molecule has 0 radical (unpaired) electrons. The molecule has 0 aliphatic rings. The van der Waals surface area contributed by atoms with Crippen molar-refractivity contribution < 1.29 is 0 Å². The van der Waals surface area contributed by atoms with Crippen LogP contribution in [-0.4, -0.2) is 0 Å². The van der Waals surface area contributed by atoms with Crippen molar-refractivity contribution >= 4 is 0 Å². The third kappa shape index (κ3) is 8.10. The van der Waals surface area contributed by atoms with Gasteiger partial charge in [-0.1, -0.05) is 64.8 Å². The van der Waals surface area contributed by atoms with Crippen molar-refractivity contribution in [3.05, 3.63) is 23.8 Å². The molecule has 0 heteroatoms. The van der Waals surface area contributed by atoms with Gasteiger partial charge in [-0.05, 0) is 24.7 Å². The lowest BCUT2D eigenvalue weighted by atomic mass is 9.92. The van der Waals surface area contributed by atoms with Gasteiger partial charge in [-0.2, -0.15) is 0 Å². The molecule has 14 heavy (non-hydrogen) atoms. The summed E-state index contributed by atoms with van der Waals surface area (Å²) >= 11 is 0. The quantitative estimate of drug-likeness (QED) is 0.533. The fourth-order valence-corrected chi connectivity index (χ4v) is 1.22. The first-order valence-corrected chi connectivity index (χ1v) is 5.85. The van der Waals surface area contributed by atoms with Crippen molar-refractivity contribution in [1.29, 1.82) is 0 Å². The summed E-state index contributed by atoms with van der Waals surface area (Å²) in [5.74, 6) is 0. The Balaban J connectivity index is 4.05. The molecule has 0 saturated heterocycles. The number of rotatable bonds is 5. The summed E-state index contributed by atoms with van der Waals surface area (Å²) in [6, 6.07) is 0. The number of allylic oxidation sites excluding steroid dienone is 4. The monoisotopic (exact) mass is 194 g/mol. The van der Waals surface area contributed by atoms with Gasteiger partial charge in [0, 0.05) is 0 Å². The average molecular weight is 194 g/mol. The minimum absolute atomic E-state index is 0.417. The molecule has 0 amide bonds. The second-order valence-corrected chi connectivity index (χ2v) is 5.09. The molecule has 0 heterocycles. The molecule has 0 unspecified atom stereocenters. The number of unbranched alkanes of at least 4 members (excludes halogenated alkanes) is 1. The van der Waals surface area contributed by atoms with Crippen LogP contribution in [0.1, 0.15) is 60.3 Å². The van der Waals surface area contributed by atoms with E-state index in [2.05, 4.69) is 52.8 Å². The predicted molar refractivity (Wildman–Crippen MR) is 66.5 cm³/mol. The highest BCUT2D eigenvalue weighted by molar-refractivity contribution is 5.18. The van der Waals surface area contributed by atoms with Crippen molar-refractivity contribution in [3.63, 3.8) is 0 Å². The predicted octanol–water partition coefficient (Wildman–Crippen LogP) is 5.12. The maximum Gasteiger partial charge on any atom is -0.0298 e. The topological polar surface area (TPSA) is 0 Å². The molecule has 0 bridgehead atoms. The summed E-state index contributed by atoms with van der Waals surface area (Å²) in [6.07, 6.45) is 11.7. The molecule has 0 fully saturated rings. The summed E-state index contributed by atoms with van der Waals surface area (Å²) in [5, 5.41) is 0. The summed E-state index contributed by atoms with van der Waals surface area (Å²) in [6.45, 7) is 11.3. The Hall–Kier alpha value is -0.520. The van der Waals surface area contributed by atoms with Crippen molar-refractivity contribution in [2.24, 2.45) is 5.41 Å². The van der Waals surface area contributed by atoms with E-state index in [0.717, 1.165) is 12.8 Å².